The molecule has 0 fully saturated rings. The normalized spacial score (nSPS) is 15.3. The van der Waals surface area contributed by atoms with Gasteiger partial charge in [0, 0.05) is 19.8 Å². The number of hydrogen-bond acceptors (Lipinski definition) is 6. The predicted octanol–water partition coefficient (Wildman–Crippen LogP) is -0.417. The lowest BCUT2D eigenvalue weighted by Gasteiger charge is -2.09. The summed E-state index contributed by atoms with van der Waals surface area (Å²) in [5, 5.41) is 13.2. The third-order valence-electron chi connectivity index (χ3n) is 1.91. The largest absolute Gasteiger partial charge is 0.408 e. The van der Waals surface area contributed by atoms with Crippen molar-refractivity contribution in [2.24, 2.45) is 5.10 Å². The standard InChI is InChI=1S/C8H9N5O3/c1-4-10-13-8(16-4)9-7(15)5-2-3-6(14)12-11-5/h2-3H2,1H3,(H,12,14)(H,9,13,15). The van der Waals surface area contributed by atoms with Crippen molar-refractivity contribution in [2.45, 2.75) is 19.8 Å². The maximum atomic E-state index is 11.6. The highest BCUT2D eigenvalue weighted by Crippen LogP contribution is 2.06. The van der Waals surface area contributed by atoms with E-state index in [0.717, 1.165) is 0 Å². The predicted molar refractivity (Wildman–Crippen MR) is 52.5 cm³/mol. The van der Waals surface area contributed by atoms with Crippen LogP contribution < -0.4 is 10.7 Å². The van der Waals surface area contributed by atoms with E-state index in [-0.39, 0.29) is 24.1 Å². The first-order valence-electron chi connectivity index (χ1n) is 4.62. The molecule has 0 aliphatic carbocycles. The number of hydrazone groups is 1. The lowest BCUT2D eigenvalue weighted by atomic mass is 10.2. The molecule has 0 unspecified atom stereocenters. The number of hydrogen-bond donors (Lipinski definition) is 2. The minimum Gasteiger partial charge on any atom is -0.408 e. The number of aryl methyl sites for hydroxylation is 1. The van der Waals surface area contributed by atoms with E-state index in [1.165, 1.54) is 0 Å². The SMILES string of the molecule is Cc1nnc(NC(=O)C2=NNC(=O)CC2)o1. The molecule has 0 saturated carbocycles. The second kappa shape index (κ2) is 4.09. The summed E-state index contributed by atoms with van der Waals surface area (Å²) in [6, 6.07) is 0.0158. The van der Waals surface area contributed by atoms with Gasteiger partial charge in [0.05, 0.1) is 0 Å². The van der Waals surface area contributed by atoms with E-state index in [1.807, 2.05) is 0 Å². The van der Waals surface area contributed by atoms with Gasteiger partial charge in [-0.1, -0.05) is 5.10 Å². The summed E-state index contributed by atoms with van der Waals surface area (Å²) in [5.74, 6) is -0.303. The molecule has 0 aromatic carbocycles. The smallest absolute Gasteiger partial charge is 0.322 e. The third kappa shape index (κ3) is 2.22. The highest BCUT2D eigenvalue weighted by atomic mass is 16.4. The molecule has 1 aromatic heterocycles. The van der Waals surface area contributed by atoms with Gasteiger partial charge < -0.3 is 4.42 Å². The maximum Gasteiger partial charge on any atom is 0.322 e. The van der Waals surface area contributed by atoms with Crippen molar-refractivity contribution in [3.05, 3.63) is 5.89 Å². The van der Waals surface area contributed by atoms with E-state index in [4.69, 9.17) is 4.42 Å². The Hall–Kier alpha value is -2.25. The summed E-state index contributed by atoms with van der Waals surface area (Å²) in [6.07, 6.45) is 0.542. The Labute approximate surface area is 90.1 Å². The van der Waals surface area contributed by atoms with Gasteiger partial charge in [-0.25, -0.2) is 5.43 Å². The first kappa shape index (κ1) is 10.3. The average molecular weight is 223 g/mol. The number of nitrogens with zero attached hydrogens (tertiary/aromatic N) is 3. The molecule has 1 aliphatic rings. The number of aromatic nitrogens is 2. The van der Waals surface area contributed by atoms with Gasteiger partial charge in [-0.2, -0.15) is 5.10 Å². The molecule has 0 radical (unpaired) electrons. The molecule has 0 atom stereocenters. The van der Waals surface area contributed by atoms with Crippen molar-refractivity contribution in [2.75, 3.05) is 5.32 Å². The van der Waals surface area contributed by atoms with Gasteiger partial charge in [0.15, 0.2) is 0 Å². The molecule has 2 rings (SSSR count). The van der Waals surface area contributed by atoms with Crippen LogP contribution in [0.4, 0.5) is 6.01 Å². The third-order valence-corrected chi connectivity index (χ3v) is 1.91. The molecule has 0 spiro atoms. The summed E-state index contributed by atoms with van der Waals surface area (Å²) in [5.41, 5.74) is 2.46. The molecule has 0 bridgehead atoms. The molecule has 1 aromatic rings. The summed E-state index contributed by atoms with van der Waals surface area (Å²) in [4.78, 5) is 22.4. The molecule has 8 nitrogen and oxygen atoms in total. The number of rotatable bonds is 2. The number of nitrogens with one attached hydrogen (secondary N) is 2. The molecular formula is C8H9N5O3. The molecule has 2 N–H and O–H groups in total. The van der Waals surface area contributed by atoms with Gasteiger partial charge in [0.2, 0.25) is 11.8 Å². The fourth-order valence-electron chi connectivity index (χ4n) is 1.15. The highest BCUT2D eigenvalue weighted by Gasteiger charge is 2.19. The van der Waals surface area contributed by atoms with E-state index >= 15 is 0 Å². The van der Waals surface area contributed by atoms with Crippen molar-refractivity contribution in [1.82, 2.24) is 15.6 Å². The van der Waals surface area contributed by atoms with Crippen LogP contribution in [0.3, 0.4) is 0 Å². The van der Waals surface area contributed by atoms with Crippen molar-refractivity contribution in [1.29, 1.82) is 0 Å². The van der Waals surface area contributed by atoms with Crippen LogP contribution in [0.2, 0.25) is 0 Å². The summed E-state index contributed by atoms with van der Waals surface area (Å²) >= 11 is 0. The monoisotopic (exact) mass is 223 g/mol. The summed E-state index contributed by atoms with van der Waals surface area (Å²) in [6.45, 7) is 1.61. The first-order chi connectivity index (χ1) is 7.65. The van der Waals surface area contributed by atoms with Gasteiger partial charge in [0.1, 0.15) is 5.71 Å². The Morgan fingerprint density at radius 1 is 1.44 bits per heavy atom. The Morgan fingerprint density at radius 2 is 2.25 bits per heavy atom. The van der Waals surface area contributed by atoms with E-state index in [0.29, 0.717) is 12.3 Å². The first-order valence-corrected chi connectivity index (χ1v) is 4.62. The van der Waals surface area contributed by atoms with E-state index in [9.17, 15) is 9.59 Å². The lowest BCUT2D eigenvalue weighted by Crippen LogP contribution is -2.32. The van der Waals surface area contributed by atoms with Crippen LogP contribution in [0.25, 0.3) is 0 Å². The van der Waals surface area contributed by atoms with Crippen molar-refractivity contribution in [3.63, 3.8) is 0 Å². The zero-order valence-corrected chi connectivity index (χ0v) is 8.48. The fraction of sp³-hybridized carbons (Fsp3) is 0.375. The molecule has 84 valence electrons. The zero-order valence-electron chi connectivity index (χ0n) is 8.48. The van der Waals surface area contributed by atoms with Crippen LogP contribution >= 0.6 is 0 Å². The Balaban J connectivity index is 2.01. The number of anilines is 1. The minimum atomic E-state index is -0.455. The molecule has 16 heavy (non-hydrogen) atoms. The number of amides is 2. The van der Waals surface area contributed by atoms with E-state index in [1.54, 1.807) is 6.92 Å². The molecular weight excluding hydrogens is 214 g/mol. The minimum absolute atomic E-state index is 0.0158. The fourth-order valence-corrected chi connectivity index (χ4v) is 1.15. The van der Waals surface area contributed by atoms with E-state index in [2.05, 4.69) is 26.0 Å². The topological polar surface area (TPSA) is 109 Å². The molecule has 8 heteroatoms. The van der Waals surface area contributed by atoms with Gasteiger partial charge in [-0.05, 0) is 0 Å². The van der Waals surface area contributed by atoms with Crippen molar-refractivity contribution < 1.29 is 14.0 Å². The maximum absolute atomic E-state index is 11.6. The van der Waals surface area contributed by atoms with Crippen molar-refractivity contribution >= 4 is 23.5 Å². The average Bonchev–Trinajstić information content (AvgIpc) is 2.65. The quantitative estimate of drug-likeness (QED) is 0.707. The Kier molecular flexibility index (Phi) is 2.63. The molecule has 1 aliphatic heterocycles. The highest BCUT2D eigenvalue weighted by molar-refractivity contribution is 6.43. The summed E-state index contributed by atoms with van der Waals surface area (Å²) < 4.78 is 4.97. The Bertz CT molecular complexity index is 464. The summed E-state index contributed by atoms with van der Waals surface area (Å²) in [7, 11) is 0. The second-order valence-corrected chi connectivity index (χ2v) is 3.17. The van der Waals surface area contributed by atoms with Crippen LogP contribution in [0.5, 0.6) is 0 Å². The van der Waals surface area contributed by atoms with Crippen LogP contribution in [-0.4, -0.2) is 27.7 Å². The van der Waals surface area contributed by atoms with Crippen LogP contribution in [-0.2, 0) is 9.59 Å². The van der Waals surface area contributed by atoms with Crippen LogP contribution in [0.1, 0.15) is 18.7 Å². The molecule has 0 saturated heterocycles. The van der Waals surface area contributed by atoms with Gasteiger partial charge in [0.25, 0.3) is 5.91 Å². The molecule has 2 heterocycles. The number of carbonyl (C=O) groups excluding carboxylic acids is 2. The molecule has 2 amide bonds. The van der Waals surface area contributed by atoms with Gasteiger partial charge in [-0.3, -0.25) is 14.9 Å². The second-order valence-electron chi connectivity index (χ2n) is 3.17. The zero-order chi connectivity index (χ0) is 11.5. The lowest BCUT2D eigenvalue weighted by molar-refractivity contribution is -0.121. The van der Waals surface area contributed by atoms with E-state index < -0.39 is 5.91 Å². The van der Waals surface area contributed by atoms with Crippen molar-refractivity contribution in [3.8, 4) is 0 Å². The Morgan fingerprint density at radius 3 is 2.81 bits per heavy atom. The number of carbonyl (C=O) groups is 2. The van der Waals surface area contributed by atoms with Gasteiger partial charge >= 0.3 is 6.01 Å². The van der Waals surface area contributed by atoms with Crippen LogP contribution in [0, 0.1) is 6.92 Å². The van der Waals surface area contributed by atoms with Crippen LogP contribution in [0.15, 0.2) is 9.52 Å². The van der Waals surface area contributed by atoms with Gasteiger partial charge in [-0.15, -0.1) is 5.10 Å².